The SMILES string of the molecule is CN=C1CC2=C/C=C\C=C/C=C2N1C. The molecule has 1 aliphatic heterocycles. The minimum Gasteiger partial charge on any atom is -0.333 e. The summed E-state index contributed by atoms with van der Waals surface area (Å²) >= 11 is 0. The summed E-state index contributed by atoms with van der Waals surface area (Å²) in [6.45, 7) is 0. The zero-order chi connectivity index (χ0) is 9.97. The van der Waals surface area contributed by atoms with Crippen LogP contribution in [0.5, 0.6) is 0 Å². The lowest BCUT2D eigenvalue weighted by molar-refractivity contribution is 0.662. The lowest BCUT2D eigenvalue weighted by Gasteiger charge is -2.13. The molecule has 0 aromatic carbocycles. The van der Waals surface area contributed by atoms with Gasteiger partial charge in [0.1, 0.15) is 5.84 Å². The van der Waals surface area contributed by atoms with E-state index < -0.39 is 0 Å². The van der Waals surface area contributed by atoms with Crippen LogP contribution in [0.1, 0.15) is 6.42 Å². The number of hydrogen-bond donors (Lipinski definition) is 0. The average molecular weight is 186 g/mol. The molecular weight excluding hydrogens is 172 g/mol. The monoisotopic (exact) mass is 186 g/mol. The number of fused-ring (bicyclic) bond motifs is 1. The van der Waals surface area contributed by atoms with Crippen molar-refractivity contribution in [2.24, 2.45) is 4.99 Å². The molecule has 1 fully saturated rings. The van der Waals surface area contributed by atoms with Gasteiger partial charge in [0.15, 0.2) is 0 Å². The van der Waals surface area contributed by atoms with Crippen molar-refractivity contribution >= 4 is 5.84 Å². The van der Waals surface area contributed by atoms with Crippen molar-refractivity contribution in [2.75, 3.05) is 14.1 Å². The third-order valence-electron chi connectivity index (χ3n) is 2.57. The second-order valence-corrected chi connectivity index (χ2v) is 3.39. The predicted molar refractivity (Wildman–Crippen MR) is 60.2 cm³/mol. The van der Waals surface area contributed by atoms with Crippen molar-refractivity contribution in [1.82, 2.24) is 4.90 Å². The molecule has 0 aromatic rings. The quantitative estimate of drug-likeness (QED) is 0.566. The molecule has 14 heavy (non-hydrogen) atoms. The largest absolute Gasteiger partial charge is 0.333 e. The Hall–Kier alpha value is -1.57. The number of aliphatic imine (C=N–C) groups is 1. The van der Waals surface area contributed by atoms with Crippen molar-refractivity contribution < 1.29 is 0 Å². The molecule has 0 bridgehead atoms. The molecule has 2 aliphatic rings. The lowest BCUT2D eigenvalue weighted by atomic mass is 10.1. The van der Waals surface area contributed by atoms with Gasteiger partial charge in [-0.1, -0.05) is 30.4 Å². The zero-order valence-electron chi connectivity index (χ0n) is 8.57. The molecule has 72 valence electrons. The first-order chi connectivity index (χ1) is 6.83. The van der Waals surface area contributed by atoms with E-state index in [1.807, 2.05) is 19.2 Å². The van der Waals surface area contributed by atoms with Crippen LogP contribution in [0.2, 0.25) is 0 Å². The van der Waals surface area contributed by atoms with Gasteiger partial charge >= 0.3 is 0 Å². The minimum atomic E-state index is 0.941. The van der Waals surface area contributed by atoms with E-state index in [1.54, 1.807) is 0 Å². The van der Waals surface area contributed by atoms with E-state index in [0.29, 0.717) is 0 Å². The van der Waals surface area contributed by atoms with Crippen LogP contribution in [0.15, 0.2) is 52.7 Å². The molecule has 0 radical (unpaired) electrons. The Morgan fingerprint density at radius 3 is 2.57 bits per heavy atom. The molecular formula is C12H14N2. The van der Waals surface area contributed by atoms with Gasteiger partial charge in [0.25, 0.3) is 0 Å². The maximum absolute atomic E-state index is 4.27. The fourth-order valence-corrected chi connectivity index (χ4v) is 1.77. The smallest absolute Gasteiger partial charge is 0.107 e. The highest BCUT2D eigenvalue weighted by Crippen LogP contribution is 2.28. The third kappa shape index (κ3) is 1.43. The Labute approximate surface area is 84.6 Å². The summed E-state index contributed by atoms with van der Waals surface area (Å²) in [6.07, 6.45) is 13.4. The summed E-state index contributed by atoms with van der Waals surface area (Å²) in [7, 11) is 3.91. The third-order valence-corrected chi connectivity index (χ3v) is 2.57. The molecule has 2 heteroatoms. The van der Waals surface area contributed by atoms with Gasteiger partial charge in [-0.3, -0.25) is 4.99 Å². The number of likely N-dealkylation sites (N-methyl/N-ethyl adjacent to an activating group) is 1. The van der Waals surface area contributed by atoms with E-state index in [4.69, 9.17) is 0 Å². The molecule has 0 atom stereocenters. The molecule has 2 nitrogen and oxygen atoms in total. The zero-order valence-corrected chi connectivity index (χ0v) is 8.57. The number of rotatable bonds is 0. The van der Waals surface area contributed by atoms with Crippen LogP contribution in [-0.4, -0.2) is 24.8 Å². The summed E-state index contributed by atoms with van der Waals surface area (Å²) in [6, 6.07) is 0. The number of likely N-dealkylation sites (tertiary alicyclic amines) is 1. The van der Waals surface area contributed by atoms with Gasteiger partial charge in [-0.25, -0.2) is 0 Å². The van der Waals surface area contributed by atoms with Crippen molar-refractivity contribution in [1.29, 1.82) is 0 Å². The van der Waals surface area contributed by atoms with Gasteiger partial charge in [0, 0.05) is 26.2 Å². The van der Waals surface area contributed by atoms with E-state index >= 15 is 0 Å². The van der Waals surface area contributed by atoms with E-state index in [9.17, 15) is 0 Å². The Kier molecular flexibility index (Phi) is 2.35. The van der Waals surface area contributed by atoms with E-state index in [2.05, 4.69) is 41.2 Å². The highest BCUT2D eigenvalue weighted by Gasteiger charge is 2.23. The molecule has 0 spiro atoms. The van der Waals surface area contributed by atoms with Crippen LogP contribution < -0.4 is 0 Å². The average Bonchev–Trinajstić information content (AvgIpc) is 2.42. The first-order valence-corrected chi connectivity index (χ1v) is 4.77. The molecule has 1 aliphatic carbocycles. The standard InChI is InChI=1S/C12H14N2/c1-13-12-9-10-7-5-3-4-6-8-11(10)14(12)2/h3-8H,9H2,1-2H3/b4-3?,5-3-,6-4-,7-5?,8-6?,10-7?,11-8?,13-12?. The highest BCUT2D eigenvalue weighted by atomic mass is 15.2. The van der Waals surface area contributed by atoms with Crippen molar-refractivity contribution in [3.8, 4) is 0 Å². The molecule has 1 heterocycles. The Balaban J connectivity index is 2.43. The summed E-state index contributed by atoms with van der Waals surface area (Å²) in [4.78, 5) is 6.41. The fraction of sp³-hybridized carbons (Fsp3) is 0.250. The van der Waals surface area contributed by atoms with Crippen LogP contribution in [0, 0.1) is 0 Å². The highest BCUT2D eigenvalue weighted by molar-refractivity contribution is 5.91. The first kappa shape index (κ1) is 9.00. The van der Waals surface area contributed by atoms with Gasteiger partial charge < -0.3 is 4.90 Å². The van der Waals surface area contributed by atoms with Crippen LogP contribution in [-0.2, 0) is 0 Å². The van der Waals surface area contributed by atoms with Gasteiger partial charge in [0.2, 0.25) is 0 Å². The maximum Gasteiger partial charge on any atom is 0.107 e. The summed E-state index contributed by atoms with van der Waals surface area (Å²) in [5.41, 5.74) is 2.60. The molecule has 0 N–H and O–H groups in total. The molecule has 0 amide bonds. The second-order valence-electron chi connectivity index (χ2n) is 3.39. The topological polar surface area (TPSA) is 15.6 Å². The fourth-order valence-electron chi connectivity index (χ4n) is 1.77. The molecule has 0 saturated carbocycles. The van der Waals surface area contributed by atoms with E-state index in [1.165, 1.54) is 11.3 Å². The minimum absolute atomic E-state index is 0.941. The second kappa shape index (κ2) is 3.66. The first-order valence-electron chi connectivity index (χ1n) is 4.77. The maximum atomic E-state index is 4.27. The van der Waals surface area contributed by atoms with Gasteiger partial charge in [0.05, 0.1) is 0 Å². The van der Waals surface area contributed by atoms with Crippen molar-refractivity contribution in [3.63, 3.8) is 0 Å². The normalized spacial score (nSPS) is 27.6. The number of amidine groups is 1. The summed E-state index contributed by atoms with van der Waals surface area (Å²) in [5, 5.41) is 0. The summed E-state index contributed by atoms with van der Waals surface area (Å²) in [5.74, 6) is 1.13. The van der Waals surface area contributed by atoms with Crippen LogP contribution in [0.4, 0.5) is 0 Å². The number of nitrogens with zero attached hydrogens (tertiary/aromatic N) is 2. The predicted octanol–water partition coefficient (Wildman–Crippen LogP) is 2.29. The Bertz CT molecular complexity index is 381. The van der Waals surface area contributed by atoms with E-state index in [-0.39, 0.29) is 0 Å². The van der Waals surface area contributed by atoms with Crippen LogP contribution in [0.3, 0.4) is 0 Å². The van der Waals surface area contributed by atoms with Crippen LogP contribution in [0.25, 0.3) is 0 Å². The van der Waals surface area contributed by atoms with Gasteiger partial charge in [-0.2, -0.15) is 0 Å². The van der Waals surface area contributed by atoms with E-state index in [0.717, 1.165) is 12.3 Å². The number of hydrogen-bond acceptors (Lipinski definition) is 1. The van der Waals surface area contributed by atoms with Crippen molar-refractivity contribution in [2.45, 2.75) is 6.42 Å². The summed E-state index contributed by atoms with van der Waals surface area (Å²) < 4.78 is 0. The Morgan fingerprint density at radius 1 is 1.14 bits per heavy atom. The van der Waals surface area contributed by atoms with Crippen molar-refractivity contribution in [3.05, 3.63) is 47.7 Å². The van der Waals surface area contributed by atoms with Gasteiger partial charge in [-0.15, -0.1) is 0 Å². The molecule has 2 rings (SSSR count). The number of allylic oxidation sites excluding steroid dienone is 7. The Morgan fingerprint density at radius 2 is 1.86 bits per heavy atom. The van der Waals surface area contributed by atoms with Crippen LogP contribution >= 0.6 is 0 Å². The van der Waals surface area contributed by atoms with Gasteiger partial charge in [-0.05, 0) is 11.6 Å². The molecule has 0 aromatic heterocycles. The lowest BCUT2D eigenvalue weighted by Crippen LogP contribution is -2.17. The molecule has 0 unspecified atom stereocenters. The molecule has 1 saturated heterocycles.